The first-order chi connectivity index (χ1) is 12.7. The average molecular weight is 485 g/mol. The van der Waals surface area contributed by atoms with Gasteiger partial charge >= 0.3 is 0 Å². The first-order valence-corrected chi connectivity index (χ1v) is 8.64. The number of hydrogen-bond donors (Lipinski definition) is 2. The van der Waals surface area contributed by atoms with Crippen molar-refractivity contribution < 1.29 is 14.2 Å². The number of hydrogen-bond acceptors (Lipinski definition) is 4. The van der Waals surface area contributed by atoms with E-state index in [1.165, 1.54) is 5.56 Å². The molecule has 148 valence electrons. The van der Waals surface area contributed by atoms with E-state index in [9.17, 15) is 0 Å². The number of methoxy groups -OCH3 is 1. The van der Waals surface area contributed by atoms with Crippen LogP contribution in [-0.2, 0) is 0 Å². The van der Waals surface area contributed by atoms with Crippen LogP contribution < -0.4 is 24.8 Å². The fourth-order valence-electron chi connectivity index (χ4n) is 2.38. The summed E-state index contributed by atoms with van der Waals surface area (Å²) in [7, 11) is 3.35. The lowest BCUT2D eigenvalue weighted by molar-refractivity contribution is 0.311. The third kappa shape index (κ3) is 7.54. The second-order valence-electron chi connectivity index (χ2n) is 5.59. The molecule has 0 bridgehead atoms. The lowest BCUT2D eigenvalue weighted by Crippen LogP contribution is -2.33. The van der Waals surface area contributed by atoms with Crippen molar-refractivity contribution in [1.82, 2.24) is 5.32 Å². The fraction of sp³-hybridized carbons (Fsp3) is 0.350. The van der Waals surface area contributed by atoms with Gasteiger partial charge in [-0.05, 0) is 43.7 Å². The molecule has 2 N–H and O–H groups in total. The van der Waals surface area contributed by atoms with Crippen molar-refractivity contribution in [2.24, 2.45) is 4.99 Å². The van der Waals surface area contributed by atoms with Crippen LogP contribution in [0.25, 0.3) is 0 Å². The maximum atomic E-state index is 5.73. The molecule has 0 aliphatic rings. The Morgan fingerprint density at radius 2 is 1.89 bits per heavy atom. The van der Waals surface area contributed by atoms with E-state index in [0.29, 0.717) is 37.2 Å². The fourth-order valence-corrected chi connectivity index (χ4v) is 2.38. The van der Waals surface area contributed by atoms with Crippen LogP contribution in [0.2, 0.25) is 0 Å². The van der Waals surface area contributed by atoms with Crippen LogP contribution in [0.5, 0.6) is 17.2 Å². The number of rotatable bonds is 8. The summed E-state index contributed by atoms with van der Waals surface area (Å²) < 4.78 is 16.6. The molecule has 0 aliphatic heterocycles. The summed E-state index contributed by atoms with van der Waals surface area (Å²) in [5.74, 6) is 2.92. The first kappa shape index (κ1) is 22.9. The summed E-state index contributed by atoms with van der Waals surface area (Å²) in [5.41, 5.74) is 2.04. The van der Waals surface area contributed by atoms with Crippen LogP contribution in [-0.4, -0.2) is 39.9 Å². The number of aliphatic imine (C=N–C) groups is 1. The number of nitrogens with one attached hydrogen (secondary N) is 2. The average Bonchev–Trinajstić information content (AvgIpc) is 2.65. The van der Waals surface area contributed by atoms with Crippen LogP contribution in [0.4, 0.5) is 5.69 Å². The Morgan fingerprint density at radius 3 is 2.56 bits per heavy atom. The lowest BCUT2D eigenvalue weighted by atomic mass is 10.2. The van der Waals surface area contributed by atoms with Gasteiger partial charge in [0.1, 0.15) is 12.4 Å². The normalized spacial score (nSPS) is 10.6. The van der Waals surface area contributed by atoms with E-state index in [-0.39, 0.29) is 24.0 Å². The van der Waals surface area contributed by atoms with Gasteiger partial charge in [-0.1, -0.05) is 12.1 Å². The maximum Gasteiger partial charge on any atom is 0.195 e. The van der Waals surface area contributed by atoms with Crippen LogP contribution in [0.3, 0.4) is 0 Å². The van der Waals surface area contributed by atoms with E-state index in [0.717, 1.165) is 11.4 Å². The van der Waals surface area contributed by atoms with Crippen LogP contribution in [0, 0.1) is 6.92 Å². The maximum absolute atomic E-state index is 5.73. The van der Waals surface area contributed by atoms with Gasteiger partial charge in [0.05, 0.1) is 20.3 Å². The Balaban J connectivity index is 0.00000364. The summed E-state index contributed by atoms with van der Waals surface area (Å²) >= 11 is 0. The molecule has 2 rings (SSSR count). The molecule has 0 atom stereocenters. The molecule has 0 fully saturated rings. The van der Waals surface area contributed by atoms with Gasteiger partial charge in [0.2, 0.25) is 0 Å². The topological polar surface area (TPSA) is 64.1 Å². The van der Waals surface area contributed by atoms with Gasteiger partial charge in [0, 0.05) is 18.8 Å². The molecule has 0 unspecified atom stereocenters. The van der Waals surface area contributed by atoms with Gasteiger partial charge in [-0.3, -0.25) is 4.99 Å². The van der Waals surface area contributed by atoms with E-state index in [1.807, 2.05) is 56.3 Å². The minimum absolute atomic E-state index is 0. The first-order valence-electron chi connectivity index (χ1n) is 8.64. The summed E-state index contributed by atoms with van der Waals surface area (Å²) in [6.45, 7) is 5.72. The summed E-state index contributed by atoms with van der Waals surface area (Å²) in [5, 5.41) is 6.46. The highest BCUT2D eigenvalue weighted by molar-refractivity contribution is 14.0. The molecule has 7 heteroatoms. The molecular formula is C20H28IN3O3. The zero-order valence-corrected chi connectivity index (χ0v) is 18.6. The van der Waals surface area contributed by atoms with Gasteiger partial charge in [0.25, 0.3) is 0 Å². The number of halogens is 1. The molecule has 0 aromatic heterocycles. The Morgan fingerprint density at radius 1 is 1.07 bits per heavy atom. The molecular weight excluding hydrogens is 457 g/mol. The standard InChI is InChI=1S/C20H27N3O3.HI/c1-5-25-19-14-16(9-10-18(19)24-4)23-20(21-3)22-11-12-26-17-8-6-7-15(2)13-17;/h6-10,13-14H,5,11-12H2,1-4H3,(H2,21,22,23);1H. The number of aryl methyl sites for hydroxylation is 1. The van der Waals surface area contributed by atoms with E-state index in [1.54, 1.807) is 14.2 Å². The predicted octanol–water partition coefficient (Wildman–Crippen LogP) is 4.09. The monoisotopic (exact) mass is 485 g/mol. The van der Waals surface area contributed by atoms with Gasteiger partial charge in [0.15, 0.2) is 17.5 Å². The van der Waals surface area contributed by atoms with Crippen molar-refractivity contribution >= 4 is 35.6 Å². The number of guanidine groups is 1. The lowest BCUT2D eigenvalue weighted by Gasteiger charge is -2.15. The number of nitrogens with zero attached hydrogens (tertiary/aromatic N) is 1. The molecule has 2 aromatic carbocycles. The van der Waals surface area contributed by atoms with Crippen molar-refractivity contribution in [2.75, 3.05) is 39.2 Å². The summed E-state index contributed by atoms with van der Waals surface area (Å²) in [6.07, 6.45) is 0. The van der Waals surface area contributed by atoms with Crippen LogP contribution in [0.15, 0.2) is 47.5 Å². The second-order valence-corrected chi connectivity index (χ2v) is 5.59. The Kier molecular flexibility index (Phi) is 10.4. The molecule has 0 spiro atoms. The van der Waals surface area contributed by atoms with Crippen molar-refractivity contribution in [3.8, 4) is 17.2 Å². The zero-order valence-electron chi connectivity index (χ0n) is 16.2. The van der Waals surface area contributed by atoms with Crippen molar-refractivity contribution in [1.29, 1.82) is 0 Å². The van der Waals surface area contributed by atoms with E-state index in [2.05, 4.69) is 15.6 Å². The second kappa shape index (κ2) is 12.3. The number of ether oxygens (including phenoxy) is 3. The minimum atomic E-state index is 0. The van der Waals surface area contributed by atoms with Gasteiger partial charge < -0.3 is 24.8 Å². The van der Waals surface area contributed by atoms with E-state index < -0.39 is 0 Å². The Bertz CT molecular complexity index is 738. The van der Waals surface area contributed by atoms with Gasteiger partial charge in [-0.15, -0.1) is 24.0 Å². The quantitative estimate of drug-likeness (QED) is 0.255. The number of anilines is 1. The number of benzene rings is 2. The highest BCUT2D eigenvalue weighted by Crippen LogP contribution is 2.30. The smallest absolute Gasteiger partial charge is 0.195 e. The predicted molar refractivity (Wildman–Crippen MR) is 121 cm³/mol. The highest BCUT2D eigenvalue weighted by Gasteiger charge is 2.07. The molecule has 6 nitrogen and oxygen atoms in total. The third-order valence-corrected chi connectivity index (χ3v) is 3.60. The molecule has 2 aromatic rings. The molecule has 0 amide bonds. The van der Waals surface area contributed by atoms with E-state index >= 15 is 0 Å². The molecule has 27 heavy (non-hydrogen) atoms. The zero-order chi connectivity index (χ0) is 18.8. The van der Waals surface area contributed by atoms with Crippen LogP contribution >= 0.6 is 24.0 Å². The largest absolute Gasteiger partial charge is 0.493 e. The van der Waals surface area contributed by atoms with Crippen molar-refractivity contribution in [3.05, 3.63) is 48.0 Å². The Hall–Kier alpha value is -2.16. The van der Waals surface area contributed by atoms with Crippen LogP contribution in [0.1, 0.15) is 12.5 Å². The summed E-state index contributed by atoms with van der Waals surface area (Å²) in [6, 6.07) is 13.7. The Labute approximate surface area is 178 Å². The van der Waals surface area contributed by atoms with Gasteiger partial charge in [-0.2, -0.15) is 0 Å². The molecule has 0 saturated carbocycles. The van der Waals surface area contributed by atoms with Crippen molar-refractivity contribution in [3.63, 3.8) is 0 Å². The molecule has 0 saturated heterocycles. The molecule has 0 aliphatic carbocycles. The summed E-state index contributed by atoms with van der Waals surface area (Å²) in [4.78, 5) is 4.23. The van der Waals surface area contributed by atoms with Crippen molar-refractivity contribution in [2.45, 2.75) is 13.8 Å². The SMILES string of the molecule is CCOc1cc(NC(=NC)NCCOc2cccc(C)c2)ccc1OC.I. The molecule has 0 heterocycles. The highest BCUT2D eigenvalue weighted by atomic mass is 127. The third-order valence-electron chi connectivity index (χ3n) is 3.60. The minimum Gasteiger partial charge on any atom is -0.493 e. The van der Waals surface area contributed by atoms with Gasteiger partial charge in [-0.25, -0.2) is 0 Å². The molecule has 0 radical (unpaired) electrons. The van der Waals surface area contributed by atoms with E-state index in [4.69, 9.17) is 14.2 Å².